The third kappa shape index (κ3) is 7.24. The Morgan fingerprint density at radius 2 is 1.51 bits per heavy atom. The summed E-state index contributed by atoms with van der Waals surface area (Å²) in [5.74, 6) is 1.19. The van der Waals surface area contributed by atoms with Crippen LogP contribution in [0.2, 0.25) is 5.02 Å². The Balaban J connectivity index is 1.24. The Morgan fingerprint density at radius 1 is 0.860 bits per heavy atom. The zero-order valence-corrected chi connectivity index (χ0v) is 25.7. The van der Waals surface area contributed by atoms with E-state index in [0.717, 1.165) is 22.6 Å². The summed E-state index contributed by atoms with van der Waals surface area (Å²) in [5.41, 5.74) is 3.25. The number of carbonyl (C=O) groups is 1. The van der Waals surface area contributed by atoms with Gasteiger partial charge in [-0.15, -0.1) is 0 Å². The maximum absolute atomic E-state index is 13.7. The minimum Gasteiger partial charge on any atom is -0.495 e. The van der Waals surface area contributed by atoms with Crippen molar-refractivity contribution in [3.05, 3.63) is 113 Å². The Hall–Kier alpha value is -4.21. The first-order chi connectivity index (χ1) is 20.7. The van der Waals surface area contributed by atoms with E-state index >= 15 is 0 Å². The van der Waals surface area contributed by atoms with Gasteiger partial charge in [-0.2, -0.15) is 0 Å². The fourth-order valence-electron chi connectivity index (χ4n) is 4.94. The maximum atomic E-state index is 13.7. The topological polar surface area (TPSA) is 79.4 Å². The quantitative estimate of drug-likeness (QED) is 0.224. The average molecular weight is 620 g/mol. The summed E-state index contributed by atoms with van der Waals surface area (Å²) in [6, 6.07) is 28.5. The highest BCUT2D eigenvalue weighted by molar-refractivity contribution is 7.92. The van der Waals surface area contributed by atoms with Crippen LogP contribution in [0, 0.1) is 6.92 Å². The lowest BCUT2D eigenvalue weighted by Gasteiger charge is -2.36. The van der Waals surface area contributed by atoms with E-state index in [2.05, 4.69) is 4.90 Å². The predicted octanol–water partition coefficient (Wildman–Crippen LogP) is 5.78. The highest BCUT2D eigenvalue weighted by Crippen LogP contribution is 2.30. The molecule has 1 aliphatic heterocycles. The molecule has 0 bridgehead atoms. The molecule has 1 saturated heterocycles. The average Bonchev–Trinajstić information content (AvgIpc) is 3.04. The molecule has 0 atom stereocenters. The van der Waals surface area contributed by atoms with E-state index in [9.17, 15) is 13.2 Å². The van der Waals surface area contributed by atoms with Gasteiger partial charge in [0.05, 0.1) is 29.9 Å². The van der Waals surface area contributed by atoms with Crippen molar-refractivity contribution in [3.63, 3.8) is 0 Å². The number of rotatable bonds is 10. The van der Waals surface area contributed by atoms with Gasteiger partial charge in [-0.3, -0.25) is 9.10 Å². The number of amides is 1. The number of hydrogen-bond acceptors (Lipinski definition) is 6. The fourth-order valence-corrected chi connectivity index (χ4v) is 6.52. The largest absolute Gasteiger partial charge is 0.495 e. The van der Waals surface area contributed by atoms with Crippen LogP contribution in [0.1, 0.15) is 11.1 Å². The standard InChI is InChI=1S/C33H34ClN3O5S/c1-25-7-17-30(18-8-25)43(39,40)37(23-26-9-11-27(34)12-10-26)28-13-15-29(16-14-28)42-24-33(38)36-21-19-35(20-22-36)31-5-3-4-6-32(31)41-2/h3-18H,19-24H2,1-2H3. The lowest BCUT2D eigenvalue weighted by Crippen LogP contribution is -2.50. The number of ether oxygens (including phenoxy) is 2. The molecule has 0 N–H and O–H groups in total. The molecule has 8 nitrogen and oxygen atoms in total. The van der Waals surface area contributed by atoms with Gasteiger partial charge < -0.3 is 19.3 Å². The van der Waals surface area contributed by atoms with Crippen molar-refractivity contribution in [3.8, 4) is 11.5 Å². The van der Waals surface area contributed by atoms with E-state index in [4.69, 9.17) is 21.1 Å². The highest BCUT2D eigenvalue weighted by atomic mass is 35.5. The number of anilines is 2. The Labute approximate surface area is 258 Å². The number of carbonyl (C=O) groups excluding carboxylic acids is 1. The van der Waals surface area contributed by atoms with Crippen molar-refractivity contribution in [1.82, 2.24) is 4.90 Å². The van der Waals surface area contributed by atoms with Crippen LogP contribution >= 0.6 is 11.6 Å². The van der Waals surface area contributed by atoms with Gasteiger partial charge in [-0.05, 0) is 73.2 Å². The van der Waals surface area contributed by atoms with Crippen LogP contribution in [0.25, 0.3) is 0 Å². The summed E-state index contributed by atoms with van der Waals surface area (Å²) in [4.78, 5) is 17.1. The van der Waals surface area contributed by atoms with Crippen molar-refractivity contribution < 1.29 is 22.7 Å². The molecule has 1 amide bonds. The van der Waals surface area contributed by atoms with Crippen molar-refractivity contribution in [1.29, 1.82) is 0 Å². The summed E-state index contributed by atoms with van der Waals surface area (Å²) >= 11 is 6.05. The number of aryl methyl sites for hydroxylation is 1. The number of methoxy groups -OCH3 is 1. The molecule has 1 aliphatic rings. The SMILES string of the molecule is COc1ccccc1N1CCN(C(=O)COc2ccc(N(Cc3ccc(Cl)cc3)S(=O)(=O)c3ccc(C)cc3)cc2)CC1. The number of benzene rings is 4. The molecule has 1 fully saturated rings. The molecule has 0 saturated carbocycles. The van der Waals surface area contributed by atoms with Crippen LogP contribution in [0.3, 0.4) is 0 Å². The van der Waals surface area contributed by atoms with Crippen molar-refractivity contribution in [2.24, 2.45) is 0 Å². The van der Waals surface area contributed by atoms with Crippen LogP contribution in [-0.2, 0) is 21.4 Å². The molecule has 4 aromatic rings. The Kier molecular flexibility index (Phi) is 9.43. The number of halogens is 1. The van der Waals surface area contributed by atoms with Crippen LogP contribution in [0.4, 0.5) is 11.4 Å². The molecule has 5 rings (SSSR count). The zero-order valence-electron chi connectivity index (χ0n) is 24.1. The van der Waals surface area contributed by atoms with Crippen LogP contribution in [0.5, 0.6) is 11.5 Å². The number of nitrogens with zero attached hydrogens (tertiary/aromatic N) is 3. The third-order valence-electron chi connectivity index (χ3n) is 7.39. The van der Waals surface area contributed by atoms with Gasteiger partial charge in [0.2, 0.25) is 0 Å². The molecular weight excluding hydrogens is 586 g/mol. The second kappa shape index (κ2) is 13.4. The second-order valence-corrected chi connectivity index (χ2v) is 12.6. The first kappa shape index (κ1) is 30.3. The van der Waals surface area contributed by atoms with Gasteiger partial charge in [-0.1, -0.05) is 53.6 Å². The summed E-state index contributed by atoms with van der Waals surface area (Å²) in [5, 5.41) is 0.575. The summed E-state index contributed by atoms with van der Waals surface area (Å²) in [6.45, 7) is 4.47. The van der Waals surface area contributed by atoms with Gasteiger partial charge in [0.1, 0.15) is 11.5 Å². The predicted molar refractivity (Wildman–Crippen MR) is 170 cm³/mol. The molecule has 43 heavy (non-hydrogen) atoms. The molecule has 0 aromatic heterocycles. The van der Waals surface area contributed by atoms with E-state index in [1.807, 2.05) is 31.2 Å². The normalized spacial score (nSPS) is 13.5. The molecule has 4 aromatic carbocycles. The highest BCUT2D eigenvalue weighted by Gasteiger charge is 2.26. The summed E-state index contributed by atoms with van der Waals surface area (Å²) in [7, 11) is -2.22. The molecule has 10 heteroatoms. The molecule has 0 unspecified atom stereocenters. The molecule has 0 aliphatic carbocycles. The minimum atomic E-state index is -3.87. The second-order valence-electron chi connectivity index (χ2n) is 10.3. The zero-order chi connectivity index (χ0) is 30.4. The van der Waals surface area contributed by atoms with Crippen molar-refractivity contribution in [2.75, 3.05) is 49.1 Å². The van der Waals surface area contributed by atoms with Crippen molar-refractivity contribution >= 4 is 38.9 Å². The summed E-state index contributed by atoms with van der Waals surface area (Å²) < 4.78 is 40.1. The molecule has 224 valence electrons. The van der Waals surface area contributed by atoms with Gasteiger partial charge >= 0.3 is 0 Å². The lowest BCUT2D eigenvalue weighted by atomic mass is 10.2. The minimum absolute atomic E-state index is 0.102. The lowest BCUT2D eigenvalue weighted by molar-refractivity contribution is -0.133. The first-order valence-corrected chi connectivity index (χ1v) is 15.8. The first-order valence-electron chi connectivity index (χ1n) is 14.0. The number of hydrogen-bond donors (Lipinski definition) is 0. The van der Waals surface area contributed by atoms with Crippen LogP contribution in [0.15, 0.2) is 102 Å². The van der Waals surface area contributed by atoms with E-state index < -0.39 is 10.0 Å². The smallest absolute Gasteiger partial charge is 0.264 e. The van der Waals surface area contributed by atoms with Gasteiger partial charge in [0.25, 0.3) is 15.9 Å². The molecular formula is C33H34ClN3O5S. The van der Waals surface area contributed by atoms with E-state index in [-0.39, 0.29) is 24.0 Å². The number of para-hydroxylation sites is 2. The number of piperazine rings is 1. The van der Waals surface area contributed by atoms with E-state index in [1.54, 1.807) is 84.8 Å². The van der Waals surface area contributed by atoms with E-state index in [0.29, 0.717) is 42.6 Å². The summed E-state index contributed by atoms with van der Waals surface area (Å²) in [6.07, 6.45) is 0. The molecule has 0 radical (unpaired) electrons. The van der Waals surface area contributed by atoms with Crippen LogP contribution < -0.4 is 18.7 Å². The van der Waals surface area contributed by atoms with Gasteiger partial charge in [-0.25, -0.2) is 8.42 Å². The van der Waals surface area contributed by atoms with Gasteiger partial charge in [0.15, 0.2) is 6.61 Å². The maximum Gasteiger partial charge on any atom is 0.264 e. The van der Waals surface area contributed by atoms with Crippen LogP contribution in [-0.4, -0.2) is 59.1 Å². The number of sulfonamides is 1. The third-order valence-corrected chi connectivity index (χ3v) is 9.43. The monoisotopic (exact) mass is 619 g/mol. The van der Waals surface area contributed by atoms with Gasteiger partial charge in [0, 0.05) is 31.2 Å². The molecule has 1 heterocycles. The Morgan fingerprint density at radius 3 is 2.16 bits per heavy atom. The fraction of sp³-hybridized carbons (Fsp3) is 0.242. The molecule has 0 spiro atoms. The van der Waals surface area contributed by atoms with Crippen molar-refractivity contribution in [2.45, 2.75) is 18.4 Å². The Bertz CT molecular complexity index is 1640. The van der Waals surface area contributed by atoms with E-state index in [1.165, 1.54) is 4.31 Å².